The molecule has 1 aliphatic heterocycles. The Labute approximate surface area is 125 Å². The van der Waals surface area contributed by atoms with Crippen LogP contribution in [0, 0.1) is 0 Å². The van der Waals surface area contributed by atoms with Gasteiger partial charge in [-0.05, 0) is 7.05 Å². The van der Waals surface area contributed by atoms with Gasteiger partial charge in [-0.3, -0.25) is 4.40 Å². The van der Waals surface area contributed by atoms with Gasteiger partial charge >= 0.3 is 0 Å². The Balaban J connectivity index is 1.78. The lowest BCUT2D eigenvalue weighted by Gasteiger charge is -2.33. The number of anilines is 1. The highest BCUT2D eigenvalue weighted by Gasteiger charge is 2.20. The average Bonchev–Trinajstić information content (AvgIpc) is 3.19. The Kier molecular flexibility index (Phi) is 3.04. The minimum absolute atomic E-state index is 0.798. The van der Waals surface area contributed by atoms with Gasteiger partial charge in [-0.1, -0.05) is 0 Å². The second-order valence-corrected chi connectivity index (χ2v) is 6.01. The number of fused-ring (bicyclic) bond motifs is 1. The van der Waals surface area contributed by atoms with Crippen LogP contribution in [0.2, 0.25) is 0 Å². The van der Waals surface area contributed by atoms with Crippen molar-refractivity contribution >= 4 is 22.8 Å². The van der Waals surface area contributed by atoms with Crippen LogP contribution in [0.3, 0.4) is 0 Å². The highest BCUT2D eigenvalue weighted by atomic mass is 32.1. The molecule has 0 unspecified atom stereocenters. The molecule has 0 saturated carbocycles. The summed E-state index contributed by atoms with van der Waals surface area (Å²) >= 11 is 1.59. The molecule has 0 atom stereocenters. The Bertz CT molecular complexity index is 743. The molecule has 1 aliphatic rings. The highest BCUT2D eigenvalue weighted by molar-refractivity contribution is 7.13. The zero-order valence-electron chi connectivity index (χ0n) is 11.7. The summed E-state index contributed by atoms with van der Waals surface area (Å²) in [5.74, 6) is 0.904. The van der Waals surface area contributed by atoms with E-state index in [0.29, 0.717) is 0 Å². The van der Waals surface area contributed by atoms with Crippen molar-refractivity contribution in [2.24, 2.45) is 0 Å². The van der Waals surface area contributed by atoms with Gasteiger partial charge in [0.1, 0.15) is 17.0 Å². The first-order valence-electron chi connectivity index (χ1n) is 6.85. The van der Waals surface area contributed by atoms with Gasteiger partial charge in [0.15, 0.2) is 5.82 Å². The quantitative estimate of drug-likeness (QED) is 0.704. The zero-order valence-corrected chi connectivity index (χ0v) is 12.5. The van der Waals surface area contributed by atoms with Gasteiger partial charge in [0.25, 0.3) is 0 Å². The van der Waals surface area contributed by atoms with Crippen molar-refractivity contribution in [2.45, 2.75) is 0 Å². The molecule has 0 aromatic carbocycles. The summed E-state index contributed by atoms with van der Waals surface area (Å²) in [6, 6.07) is 0. The molecule has 0 radical (unpaired) electrons. The van der Waals surface area contributed by atoms with Crippen LogP contribution in [0.4, 0.5) is 5.82 Å². The Morgan fingerprint density at radius 1 is 1.14 bits per heavy atom. The van der Waals surface area contributed by atoms with E-state index in [4.69, 9.17) is 0 Å². The first-order valence-corrected chi connectivity index (χ1v) is 7.73. The van der Waals surface area contributed by atoms with Gasteiger partial charge in [0.05, 0.1) is 6.20 Å². The molecule has 0 aliphatic carbocycles. The third-order valence-corrected chi connectivity index (χ3v) is 4.57. The van der Waals surface area contributed by atoms with E-state index < -0.39 is 0 Å². The number of thiazole rings is 1. The fraction of sp³-hybridized carbons (Fsp3) is 0.385. The number of likely N-dealkylation sites (N-methyl/N-ethyl adjacent to an activating group) is 1. The molecule has 108 valence electrons. The summed E-state index contributed by atoms with van der Waals surface area (Å²) in [4.78, 5) is 13.6. The molecule has 3 aromatic heterocycles. The first-order chi connectivity index (χ1) is 10.3. The number of rotatable bonds is 2. The third-order valence-electron chi connectivity index (χ3n) is 3.77. The number of hydrogen-bond donors (Lipinski definition) is 0. The smallest absolute Gasteiger partial charge is 0.204 e. The monoisotopic (exact) mass is 301 g/mol. The lowest BCUT2D eigenvalue weighted by atomic mass is 10.3. The lowest BCUT2D eigenvalue weighted by molar-refractivity contribution is 0.312. The van der Waals surface area contributed by atoms with Crippen molar-refractivity contribution in [2.75, 3.05) is 38.1 Å². The van der Waals surface area contributed by atoms with Crippen molar-refractivity contribution in [1.82, 2.24) is 29.5 Å². The standard InChI is InChI=1S/C13H15N7S/c1-18-3-5-19(6-4-18)11-12-17-16-9-20(12)10(8-15-11)13-14-2-7-21-13/h2,7-9H,3-6H2,1H3. The van der Waals surface area contributed by atoms with E-state index in [2.05, 4.69) is 37.0 Å². The normalized spacial score (nSPS) is 16.7. The SMILES string of the molecule is CN1CCN(c2ncc(-c3nccs3)n3cnnc23)CC1. The van der Waals surface area contributed by atoms with E-state index >= 15 is 0 Å². The van der Waals surface area contributed by atoms with E-state index in [1.807, 2.05) is 16.0 Å². The lowest BCUT2D eigenvalue weighted by Crippen LogP contribution is -2.45. The van der Waals surface area contributed by atoms with Gasteiger partial charge in [0.2, 0.25) is 5.65 Å². The Hall–Kier alpha value is -2.06. The molecular weight excluding hydrogens is 286 g/mol. The Morgan fingerprint density at radius 3 is 2.76 bits per heavy atom. The molecular formula is C13H15N7S. The molecule has 4 rings (SSSR count). The molecule has 8 heteroatoms. The molecule has 3 aromatic rings. The van der Waals surface area contributed by atoms with Crippen LogP contribution in [-0.4, -0.2) is 62.7 Å². The van der Waals surface area contributed by atoms with E-state index in [0.717, 1.165) is 48.3 Å². The van der Waals surface area contributed by atoms with Crippen molar-refractivity contribution in [3.05, 3.63) is 24.1 Å². The van der Waals surface area contributed by atoms with Crippen molar-refractivity contribution in [3.8, 4) is 10.7 Å². The molecule has 0 amide bonds. The van der Waals surface area contributed by atoms with Crippen LogP contribution >= 0.6 is 11.3 Å². The maximum Gasteiger partial charge on any atom is 0.204 e. The number of piperazine rings is 1. The summed E-state index contributed by atoms with van der Waals surface area (Å²) in [5, 5.41) is 11.2. The molecule has 4 heterocycles. The first kappa shape index (κ1) is 12.7. The second-order valence-electron chi connectivity index (χ2n) is 5.12. The average molecular weight is 301 g/mol. The van der Waals surface area contributed by atoms with Crippen LogP contribution in [-0.2, 0) is 0 Å². The minimum Gasteiger partial charge on any atom is -0.351 e. The van der Waals surface area contributed by atoms with Gasteiger partial charge in [-0.15, -0.1) is 21.5 Å². The summed E-state index contributed by atoms with van der Waals surface area (Å²) in [6.07, 6.45) is 5.39. The predicted molar refractivity (Wildman–Crippen MR) is 81.6 cm³/mol. The highest BCUT2D eigenvalue weighted by Crippen LogP contribution is 2.26. The fourth-order valence-corrected chi connectivity index (χ4v) is 3.20. The summed E-state index contributed by atoms with van der Waals surface area (Å²) in [6.45, 7) is 4.00. The van der Waals surface area contributed by atoms with Crippen LogP contribution < -0.4 is 4.90 Å². The van der Waals surface area contributed by atoms with Gasteiger partial charge < -0.3 is 9.80 Å². The van der Waals surface area contributed by atoms with E-state index in [1.165, 1.54) is 0 Å². The summed E-state index contributed by atoms with van der Waals surface area (Å²) in [5.41, 5.74) is 1.73. The van der Waals surface area contributed by atoms with Crippen LogP contribution in [0.25, 0.3) is 16.3 Å². The van der Waals surface area contributed by atoms with Crippen LogP contribution in [0.1, 0.15) is 0 Å². The topological polar surface area (TPSA) is 62.5 Å². The Morgan fingerprint density at radius 2 is 2.00 bits per heavy atom. The number of hydrogen-bond acceptors (Lipinski definition) is 7. The zero-order chi connectivity index (χ0) is 14.2. The molecule has 21 heavy (non-hydrogen) atoms. The van der Waals surface area contributed by atoms with Crippen molar-refractivity contribution < 1.29 is 0 Å². The van der Waals surface area contributed by atoms with Crippen molar-refractivity contribution in [3.63, 3.8) is 0 Å². The summed E-state index contributed by atoms with van der Waals surface area (Å²) < 4.78 is 1.97. The van der Waals surface area contributed by atoms with E-state index in [9.17, 15) is 0 Å². The minimum atomic E-state index is 0.798. The third kappa shape index (κ3) is 2.16. The predicted octanol–water partition coefficient (Wildman–Crippen LogP) is 1.000. The molecule has 1 fully saturated rings. The van der Waals surface area contributed by atoms with Crippen LogP contribution in [0.15, 0.2) is 24.1 Å². The largest absolute Gasteiger partial charge is 0.351 e. The number of nitrogens with zero attached hydrogens (tertiary/aromatic N) is 7. The van der Waals surface area contributed by atoms with E-state index in [-0.39, 0.29) is 0 Å². The second kappa shape index (κ2) is 5.05. The number of aromatic nitrogens is 5. The maximum absolute atomic E-state index is 4.63. The maximum atomic E-state index is 4.63. The van der Waals surface area contributed by atoms with Crippen molar-refractivity contribution in [1.29, 1.82) is 0 Å². The molecule has 0 spiro atoms. The van der Waals surface area contributed by atoms with Gasteiger partial charge in [0, 0.05) is 37.8 Å². The molecule has 7 nitrogen and oxygen atoms in total. The molecule has 0 bridgehead atoms. The van der Waals surface area contributed by atoms with Crippen LogP contribution in [0.5, 0.6) is 0 Å². The fourth-order valence-electron chi connectivity index (χ4n) is 2.56. The molecule has 1 saturated heterocycles. The van der Waals surface area contributed by atoms with E-state index in [1.54, 1.807) is 23.9 Å². The van der Waals surface area contributed by atoms with Gasteiger partial charge in [-0.25, -0.2) is 9.97 Å². The molecule has 0 N–H and O–H groups in total. The van der Waals surface area contributed by atoms with Gasteiger partial charge in [-0.2, -0.15) is 0 Å². The summed E-state index contributed by atoms with van der Waals surface area (Å²) in [7, 11) is 2.14.